The van der Waals surface area contributed by atoms with E-state index in [1.807, 2.05) is 37.3 Å². The van der Waals surface area contributed by atoms with Crippen LogP contribution in [0.3, 0.4) is 0 Å². The summed E-state index contributed by atoms with van der Waals surface area (Å²) in [6.07, 6.45) is -4.85. The molecule has 0 saturated carbocycles. The molecule has 2 aromatic rings. The molecule has 0 aliphatic heterocycles. The van der Waals surface area contributed by atoms with Gasteiger partial charge in [-0.25, -0.2) is 4.79 Å². The van der Waals surface area contributed by atoms with Crippen molar-refractivity contribution in [3.63, 3.8) is 0 Å². The maximum atomic E-state index is 11.8. The van der Waals surface area contributed by atoms with Crippen molar-refractivity contribution in [3.05, 3.63) is 47.7 Å². The van der Waals surface area contributed by atoms with Crippen LogP contribution >= 0.6 is 0 Å². The fraction of sp³-hybridized carbons (Fsp3) is 0.267. The smallest absolute Gasteiger partial charge is 0.475 e. The van der Waals surface area contributed by atoms with Crippen molar-refractivity contribution < 1.29 is 27.9 Å². The summed E-state index contributed by atoms with van der Waals surface area (Å²) >= 11 is 0. The Morgan fingerprint density at radius 3 is 2.32 bits per heavy atom. The second kappa shape index (κ2) is 8.83. The zero-order chi connectivity index (χ0) is 19.0. The molecule has 0 saturated heterocycles. The van der Waals surface area contributed by atoms with Gasteiger partial charge in [-0.1, -0.05) is 30.3 Å². The number of carboxylic acid groups (broad SMARTS) is 1. The number of carbonyl (C=O) groups excluding carboxylic acids is 1. The van der Waals surface area contributed by atoms with Crippen molar-refractivity contribution in [3.8, 4) is 0 Å². The number of hydrogen-bond donors (Lipinski definition) is 4. The molecule has 0 bridgehead atoms. The highest BCUT2D eigenvalue weighted by Gasteiger charge is 2.38. The molecule has 1 heterocycles. The molecule has 10 heteroatoms. The van der Waals surface area contributed by atoms with E-state index in [0.29, 0.717) is 5.82 Å². The number of benzene rings is 1. The molecule has 25 heavy (non-hydrogen) atoms. The first kappa shape index (κ1) is 20.2. The van der Waals surface area contributed by atoms with Gasteiger partial charge < -0.3 is 16.2 Å². The van der Waals surface area contributed by atoms with Gasteiger partial charge in [0, 0.05) is 24.2 Å². The average Bonchev–Trinajstić information content (AvgIpc) is 2.92. The van der Waals surface area contributed by atoms with Crippen LogP contribution in [-0.2, 0) is 9.59 Å². The molecule has 0 fully saturated rings. The van der Waals surface area contributed by atoms with Gasteiger partial charge in [0.25, 0.3) is 0 Å². The van der Waals surface area contributed by atoms with Crippen molar-refractivity contribution in [2.24, 2.45) is 5.73 Å². The molecule has 1 aromatic heterocycles. The Bertz CT molecular complexity index is 702. The number of nitrogens with one attached hydrogen (secondary N) is 2. The number of nitrogens with zero attached hydrogens (tertiary/aromatic N) is 1. The van der Waals surface area contributed by atoms with Crippen LogP contribution in [0.2, 0.25) is 0 Å². The summed E-state index contributed by atoms with van der Waals surface area (Å²) in [4.78, 5) is 20.7. The zero-order valence-corrected chi connectivity index (χ0v) is 13.2. The lowest BCUT2D eigenvalue weighted by Gasteiger charge is -2.10. The normalized spacial score (nSPS) is 11.9. The second-order valence-electron chi connectivity index (χ2n) is 5.01. The van der Waals surface area contributed by atoms with E-state index in [1.165, 1.54) is 0 Å². The second-order valence-corrected chi connectivity index (χ2v) is 5.01. The summed E-state index contributed by atoms with van der Waals surface area (Å²) in [6.45, 7) is 1.87. The summed E-state index contributed by atoms with van der Waals surface area (Å²) in [7, 11) is 0. The number of amides is 1. The number of carbonyl (C=O) groups is 2. The number of alkyl halides is 3. The van der Waals surface area contributed by atoms with Crippen molar-refractivity contribution >= 4 is 17.7 Å². The number of hydrogen-bond acceptors (Lipinski definition) is 4. The molecular weight excluding hydrogens is 341 g/mol. The first-order valence-electron chi connectivity index (χ1n) is 7.02. The van der Waals surface area contributed by atoms with Crippen LogP contribution in [0.4, 0.5) is 19.0 Å². The van der Waals surface area contributed by atoms with E-state index in [1.54, 1.807) is 6.07 Å². The topological polar surface area (TPSA) is 121 Å². The van der Waals surface area contributed by atoms with Gasteiger partial charge in [0.15, 0.2) is 5.82 Å². The van der Waals surface area contributed by atoms with Crippen LogP contribution in [0.1, 0.15) is 23.7 Å². The molecular formula is C15H17F3N4O3. The third kappa shape index (κ3) is 7.48. The Morgan fingerprint density at radius 2 is 1.88 bits per heavy atom. The Hall–Kier alpha value is -2.88. The van der Waals surface area contributed by atoms with Crippen LogP contribution in [0, 0.1) is 6.92 Å². The Kier molecular flexibility index (Phi) is 7.12. The van der Waals surface area contributed by atoms with E-state index >= 15 is 0 Å². The Morgan fingerprint density at radius 1 is 1.32 bits per heavy atom. The van der Waals surface area contributed by atoms with Crippen LogP contribution in [0.15, 0.2) is 36.4 Å². The van der Waals surface area contributed by atoms with E-state index in [0.717, 1.165) is 11.3 Å². The van der Waals surface area contributed by atoms with Gasteiger partial charge in [-0.3, -0.25) is 9.89 Å². The highest BCUT2D eigenvalue weighted by atomic mass is 19.4. The minimum Gasteiger partial charge on any atom is -0.475 e. The van der Waals surface area contributed by atoms with Gasteiger partial charge in [0.2, 0.25) is 5.91 Å². The van der Waals surface area contributed by atoms with Gasteiger partial charge in [0.05, 0.1) is 0 Å². The first-order valence-corrected chi connectivity index (χ1v) is 7.02. The third-order valence-electron chi connectivity index (χ3n) is 2.85. The summed E-state index contributed by atoms with van der Waals surface area (Å²) in [5.74, 6) is -2.37. The van der Waals surface area contributed by atoms with Crippen molar-refractivity contribution in [2.75, 3.05) is 5.32 Å². The fourth-order valence-electron chi connectivity index (χ4n) is 1.69. The number of aliphatic carboxylic acids is 1. The Balaban J connectivity index is 0.000000381. The summed E-state index contributed by atoms with van der Waals surface area (Å²) in [6, 6.07) is 11.0. The molecule has 136 valence electrons. The van der Waals surface area contributed by atoms with Crippen LogP contribution in [0.5, 0.6) is 0 Å². The van der Waals surface area contributed by atoms with Crippen molar-refractivity contribution in [1.29, 1.82) is 0 Å². The van der Waals surface area contributed by atoms with E-state index in [9.17, 15) is 18.0 Å². The zero-order valence-electron chi connectivity index (χ0n) is 13.2. The lowest BCUT2D eigenvalue weighted by molar-refractivity contribution is -0.192. The van der Waals surface area contributed by atoms with Crippen LogP contribution in [-0.4, -0.2) is 33.4 Å². The standard InChI is InChI=1S/C13H16N4O.C2HF3O2/c1-9-7-12(17-16-9)15-13(18)8-11(14)10-5-3-2-4-6-10;3-2(4,5)1(6)7/h2-7,11H,8,14H2,1H3,(H2,15,16,17,18);(H,6,7). The molecule has 2 rings (SSSR count). The highest BCUT2D eigenvalue weighted by Crippen LogP contribution is 2.14. The third-order valence-corrected chi connectivity index (χ3v) is 2.85. The molecule has 0 aliphatic carbocycles. The predicted octanol–water partition coefficient (Wildman–Crippen LogP) is 2.38. The molecule has 0 radical (unpaired) electrons. The van der Waals surface area contributed by atoms with Crippen LogP contribution in [0.25, 0.3) is 0 Å². The fourth-order valence-corrected chi connectivity index (χ4v) is 1.69. The number of aryl methyl sites for hydroxylation is 1. The van der Waals surface area contributed by atoms with Gasteiger partial charge in [-0.2, -0.15) is 18.3 Å². The molecule has 1 amide bonds. The van der Waals surface area contributed by atoms with Gasteiger partial charge >= 0.3 is 12.1 Å². The largest absolute Gasteiger partial charge is 0.490 e. The lowest BCUT2D eigenvalue weighted by Crippen LogP contribution is -2.21. The molecule has 7 nitrogen and oxygen atoms in total. The molecule has 0 spiro atoms. The number of anilines is 1. The number of halogens is 3. The van der Waals surface area contributed by atoms with Gasteiger partial charge in [0.1, 0.15) is 0 Å². The van der Waals surface area contributed by atoms with Gasteiger partial charge in [-0.05, 0) is 12.5 Å². The molecule has 0 aliphatic rings. The summed E-state index contributed by atoms with van der Waals surface area (Å²) in [5, 5.41) is 16.5. The summed E-state index contributed by atoms with van der Waals surface area (Å²) in [5.41, 5.74) is 7.82. The monoisotopic (exact) mass is 358 g/mol. The number of nitrogens with two attached hydrogens (primary N) is 1. The highest BCUT2D eigenvalue weighted by molar-refractivity contribution is 5.90. The maximum absolute atomic E-state index is 11.8. The molecule has 1 atom stereocenters. The Labute approximate surface area is 141 Å². The SMILES string of the molecule is Cc1cc(NC(=O)CC(N)c2ccccc2)n[nH]1.O=C(O)C(F)(F)F. The lowest BCUT2D eigenvalue weighted by atomic mass is 10.0. The minimum absolute atomic E-state index is 0.141. The minimum atomic E-state index is -5.08. The summed E-state index contributed by atoms with van der Waals surface area (Å²) < 4.78 is 31.7. The number of aromatic amines is 1. The molecule has 1 unspecified atom stereocenters. The van der Waals surface area contributed by atoms with Crippen molar-refractivity contribution in [1.82, 2.24) is 10.2 Å². The predicted molar refractivity (Wildman–Crippen MR) is 83.6 cm³/mol. The molecule has 5 N–H and O–H groups in total. The maximum Gasteiger partial charge on any atom is 0.490 e. The first-order chi connectivity index (χ1) is 11.6. The number of rotatable bonds is 4. The average molecular weight is 358 g/mol. The van der Waals surface area contributed by atoms with E-state index in [-0.39, 0.29) is 18.4 Å². The van der Waals surface area contributed by atoms with E-state index in [2.05, 4.69) is 15.5 Å². The quantitative estimate of drug-likeness (QED) is 0.669. The number of carboxylic acids is 1. The number of H-pyrrole nitrogens is 1. The van der Waals surface area contributed by atoms with Gasteiger partial charge in [-0.15, -0.1) is 0 Å². The van der Waals surface area contributed by atoms with E-state index in [4.69, 9.17) is 15.6 Å². The molecule has 1 aromatic carbocycles. The number of aromatic nitrogens is 2. The van der Waals surface area contributed by atoms with Crippen molar-refractivity contribution in [2.45, 2.75) is 25.6 Å². The van der Waals surface area contributed by atoms with E-state index < -0.39 is 12.1 Å². The van der Waals surface area contributed by atoms with Crippen LogP contribution < -0.4 is 11.1 Å².